The van der Waals surface area contributed by atoms with Gasteiger partial charge in [0, 0.05) is 24.4 Å². The van der Waals surface area contributed by atoms with Gasteiger partial charge in [0.25, 0.3) is 5.91 Å². The Labute approximate surface area is 131 Å². The van der Waals surface area contributed by atoms with Gasteiger partial charge in [-0.15, -0.1) is 11.6 Å². The van der Waals surface area contributed by atoms with E-state index in [0.717, 1.165) is 23.4 Å². The minimum Gasteiger partial charge on any atom is -0.368 e. The molecule has 0 spiro atoms. The number of hydrogen-bond donors (Lipinski definition) is 1. The minimum absolute atomic E-state index is 0.00323. The molecule has 6 nitrogen and oxygen atoms in total. The number of anilines is 1. The normalized spacial score (nSPS) is 21.2. The van der Waals surface area contributed by atoms with Gasteiger partial charge in [-0.25, -0.2) is 4.98 Å². The molecule has 1 saturated heterocycles. The summed E-state index contributed by atoms with van der Waals surface area (Å²) in [6, 6.07) is 0. The molecular weight excluding hydrogens is 314 g/mol. The number of thiazole rings is 1. The van der Waals surface area contributed by atoms with Crippen LogP contribution in [-0.2, 0) is 27.3 Å². The molecule has 1 unspecified atom stereocenters. The number of ether oxygens (including phenoxy) is 1. The second-order valence-corrected chi connectivity index (χ2v) is 6.43. The van der Waals surface area contributed by atoms with Crippen LogP contribution in [0.25, 0.3) is 0 Å². The lowest BCUT2D eigenvalue weighted by Crippen LogP contribution is -2.36. The Morgan fingerprint density at radius 3 is 3.10 bits per heavy atom. The predicted octanol–water partition coefficient (Wildman–Crippen LogP) is 1.38. The SMILES string of the molecule is O=C(Nc1nc2c(s1)CN(C(=O)CCl)CC2)C1CCCO1. The standard InChI is InChI=1S/C13H16ClN3O3S/c14-6-11(18)17-4-3-8-10(7-17)21-13(15-8)16-12(19)9-2-1-5-20-9/h9H,1-7H2,(H,15,16,19). The van der Waals surface area contributed by atoms with E-state index in [1.807, 2.05) is 0 Å². The van der Waals surface area contributed by atoms with E-state index < -0.39 is 0 Å². The summed E-state index contributed by atoms with van der Waals surface area (Å²) in [5, 5.41) is 3.40. The molecule has 0 radical (unpaired) electrons. The molecule has 0 bridgehead atoms. The fourth-order valence-electron chi connectivity index (χ4n) is 2.52. The molecule has 2 amide bonds. The molecule has 0 aliphatic carbocycles. The van der Waals surface area contributed by atoms with Gasteiger partial charge in [0.2, 0.25) is 5.91 Å². The van der Waals surface area contributed by atoms with Crippen molar-refractivity contribution in [2.24, 2.45) is 0 Å². The molecule has 0 saturated carbocycles. The lowest BCUT2D eigenvalue weighted by atomic mass is 10.2. The van der Waals surface area contributed by atoms with Crippen molar-refractivity contribution in [3.63, 3.8) is 0 Å². The van der Waals surface area contributed by atoms with E-state index in [9.17, 15) is 9.59 Å². The summed E-state index contributed by atoms with van der Waals surface area (Å²) in [4.78, 5) is 30.8. The number of carbonyl (C=O) groups is 2. The molecule has 1 aromatic rings. The first-order chi connectivity index (χ1) is 10.2. The molecule has 1 atom stereocenters. The van der Waals surface area contributed by atoms with Crippen molar-refractivity contribution in [2.75, 3.05) is 24.3 Å². The monoisotopic (exact) mass is 329 g/mol. The molecule has 3 heterocycles. The maximum absolute atomic E-state index is 12.0. The molecular formula is C13H16ClN3O3S. The Morgan fingerprint density at radius 2 is 2.38 bits per heavy atom. The highest BCUT2D eigenvalue weighted by molar-refractivity contribution is 7.15. The van der Waals surface area contributed by atoms with E-state index in [0.29, 0.717) is 31.2 Å². The molecule has 1 aromatic heterocycles. The van der Waals surface area contributed by atoms with Crippen LogP contribution >= 0.6 is 22.9 Å². The summed E-state index contributed by atoms with van der Waals surface area (Å²) in [6.07, 6.45) is 2.02. The van der Waals surface area contributed by atoms with Crippen LogP contribution in [0.15, 0.2) is 0 Å². The van der Waals surface area contributed by atoms with Gasteiger partial charge in [0.05, 0.1) is 12.2 Å². The van der Waals surface area contributed by atoms with Gasteiger partial charge in [-0.05, 0) is 12.8 Å². The molecule has 1 N–H and O–H groups in total. The number of rotatable bonds is 3. The summed E-state index contributed by atoms with van der Waals surface area (Å²) in [5.41, 5.74) is 0.960. The number of fused-ring (bicyclic) bond motifs is 1. The highest BCUT2D eigenvalue weighted by Crippen LogP contribution is 2.29. The first-order valence-corrected chi connectivity index (χ1v) is 8.27. The predicted molar refractivity (Wildman–Crippen MR) is 79.6 cm³/mol. The number of alkyl halides is 1. The van der Waals surface area contributed by atoms with Gasteiger partial charge in [0.15, 0.2) is 5.13 Å². The number of nitrogens with one attached hydrogen (secondary N) is 1. The van der Waals surface area contributed by atoms with Crippen LogP contribution in [0.2, 0.25) is 0 Å². The largest absolute Gasteiger partial charge is 0.368 e. The zero-order valence-corrected chi connectivity index (χ0v) is 13.0. The fourth-order valence-corrected chi connectivity index (χ4v) is 3.71. The van der Waals surface area contributed by atoms with E-state index >= 15 is 0 Å². The van der Waals surface area contributed by atoms with Gasteiger partial charge in [-0.3, -0.25) is 14.9 Å². The summed E-state index contributed by atoms with van der Waals surface area (Å²) < 4.78 is 5.35. The Kier molecular flexibility index (Phi) is 4.42. The van der Waals surface area contributed by atoms with Gasteiger partial charge in [-0.2, -0.15) is 0 Å². The van der Waals surface area contributed by atoms with E-state index in [4.69, 9.17) is 16.3 Å². The molecule has 1 fully saturated rings. The Balaban J connectivity index is 1.66. The van der Waals surface area contributed by atoms with Crippen LogP contribution in [0, 0.1) is 0 Å². The van der Waals surface area contributed by atoms with Crippen molar-refractivity contribution in [1.82, 2.24) is 9.88 Å². The van der Waals surface area contributed by atoms with Crippen molar-refractivity contribution in [3.05, 3.63) is 10.6 Å². The third-order valence-corrected chi connectivity index (χ3v) is 4.88. The molecule has 0 aromatic carbocycles. The summed E-state index contributed by atoms with van der Waals surface area (Å²) in [7, 11) is 0. The second kappa shape index (κ2) is 6.29. The summed E-state index contributed by atoms with van der Waals surface area (Å²) in [5.74, 6) is -0.204. The van der Waals surface area contributed by atoms with E-state index in [2.05, 4.69) is 10.3 Å². The fraction of sp³-hybridized carbons (Fsp3) is 0.615. The van der Waals surface area contributed by atoms with Crippen molar-refractivity contribution < 1.29 is 14.3 Å². The molecule has 2 aliphatic rings. The van der Waals surface area contributed by atoms with Crippen LogP contribution in [0.1, 0.15) is 23.4 Å². The molecule has 8 heteroatoms. The minimum atomic E-state index is -0.361. The molecule has 2 aliphatic heterocycles. The van der Waals surface area contributed by atoms with E-state index in [1.165, 1.54) is 11.3 Å². The maximum Gasteiger partial charge on any atom is 0.255 e. The highest BCUT2D eigenvalue weighted by Gasteiger charge is 2.27. The molecule has 21 heavy (non-hydrogen) atoms. The summed E-state index contributed by atoms with van der Waals surface area (Å²) in [6.45, 7) is 1.79. The highest BCUT2D eigenvalue weighted by atomic mass is 35.5. The zero-order chi connectivity index (χ0) is 14.8. The van der Waals surface area contributed by atoms with Crippen LogP contribution in [0.4, 0.5) is 5.13 Å². The third kappa shape index (κ3) is 3.20. The van der Waals surface area contributed by atoms with Crippen LogP contribution in [-0.4, -0.2) is 46.8 Å². The zero-order valence-electron chi connectivity index (χ0n) is 11.4. The van der Waals surface area contributed by atoms with Crippen molar-refractivity contribution in [2.45, 2.75) is 31.9 Å². The first kappa shape index (κ1) is 14.7. The number of halogens is 1. The van der Waals surface area contributed by atoms with Crippen molar-refractivity contribution in [3.8, 4) is 0 Å². The third-order valence-electron chi connectivity index (χ3n) is 3.65. The average molecular weight is 330 g/mol. The van der Waals surface area contributed by atoms with E-state index in [-0.39, 0.29) is 23.8 Å². The van der Waals surface area contributed by atoms with Gasteiger partial charge >= 0.3 is 0 Å². The summed E-state index contributed by atoms with van der Waals surface area (Å²) >= 11 is 7.00. The van der Waals surface area contributed by atoms with E-state index in [1.54, 1.807) is 4.90 Å². The van der Waals surface area contributed by atoms with Gasteiger partial charge in [0.1, 0.15) is 12.0 Å². The lowest BCUT2D eigenvalue weighted by Gasteiger charge is -2.25. The topological polar surface area (TPSA) is 71.5 Å². The molecule has 114 valence electrons. The number of hydrogen-bond acceptors (Lipinski definition) is 5. The second-order valence-electron chi connectivity index (χ2n) is 5.08. The number of aromatic nitrogens is 1. The quantitative estimate of drug-likeness (QED) is 0.851. The van der Waals surface area contributed by atoms with Gasteiger partial charge < -0.3 is 9.64 Å². The Bertz CT molecular complexity index is 557. The van der Waals surface area contributed by atoms with Crippen molar-refractivity contribution in [1.29, 1.82) is 0 Å². The smallest absolute Gasteiger partial charge is 0.255 e. The first-order valence-electron chi connectivity index (χ1n) is 6.92. The average Bonchev–Trinajstić information content (AvgIpc) is 3.14. The number of nitrogens with zero attached hydrogens (tertiary/aromatic N) is 2. The van der Waals surface area contributed by atoms with Crippen LogP contribution in [0.3, 0.4) is 0 Å². The maximum atomic E-state index is 12.0. The number of amides is 2. The molecule has 3 rings (SSSR count). The van der Waals surface area contributed by atoms with Crippen molar-refractivity contribution >= 4 is 39.9 Å². The Hall–Kier alpha value is -1.18. The number of carbonyl (C=O) groups excluding carboxylic acids is 2. The van der Waals surface area contributed by atoms with Crippen LogP contribution in [0.5, 0.6) is 0 Å². The van der Waals surface area contributed by atoms with Crippen LogP contribution < -0.4 is 5.32 Å². The lowest BCUT2D eigenvalue weighted by molar-refractivity contribution is -0.129. The van der Waals surface area contributed by atoms with Gasteiger partial charge in [-0.1, -0.05) is 11.3 Å². The Morgan fingerprint density at radius 1 is 1.52 bits per heavy atom.